The molecule has 2 fully saturated rings. The van der Waals surface area contributed by atoms with Crippen LogP contribution in [0.5, 0.6) is 0 Å². The van der Waals surface area contributed by atoms with Gasteiger partial charge >= 0.3 is 0 Å². The molecule has 0 saturated heterocycles. The highest BCUT2D eigenvalue weighted by Gasteiger charge is 2.20. The van der Waals surface area contributed by atoms with E-state index in [9.17, 15) is 0 Å². The van der Waals surface area contributed by atoms with Crippen LogP contribution in [0.25, 0.3) is 0 Å². The Morgan fingerprint density at radius 2 is 1.72 bits per heavy atom. The van der Waals surface area contributed by atoms with Gasteiger partial charge in [0.05, 0.1) is 0 Å². The van der Waals surface area contributed by atoms with Crippen LogP contribution in [0.4, 0.5) is 0 Å². The van der Waals surface area contributed by atoms with E-state index >= 15 is 0 Å². The molecule has 0 bridgehead atoms. The van der Waals surface area contributed by atoms with E-state index in [0.717, 1.165) is 31.3 Å². The highest BCUT2D eigenvalue weighted by atomic mass is 32.1. The number of aryl methyl sites for hydroxylation is 1. The molecule has 3 rings (SSSR count). The minimum Gasteiger partial charge on any atom is -0.314 e. The Morgan fingerprint density at radius 1 is 1.00 bits per heavy atom. The predicted molar refractivity (Wildman–Crippen MR) is 74.9 cm³/mol. The van der Waals surface area contributed by atoms with E-state index in [4.69, 9.17) is 0 Å². The summed E-state index contributed by atoms with van der Waals surface area (Å²) in [4.78, 5) is 0. The molecule has 0 amide bonds. The molecule has 0 aromatic carbocycles. The Kier molecular flexibility index (Phi) is 4.26. The average Bonchev–Trinajstić information content (AvgIpc) is 2.90. The molecule has 1 heterocycles. The van der Waals surface area contributed by atoms with Crippen LogP contribution in [0.2, 0.25) is 0 Å². The van der Waals surface area contributed by atoms with Crippen molar-refractivity contribution in [2.45, 2.75) is 63.8 Å². The van der Waals surface area contributed by atoms with E-state index in [0.29, 0.717) is 0 Å². The molecule has 0 unspecified atom stereocenters. The first-order valence-electron chi connectivity index (χ1n) is 7.45. The second-order valence-corrected chi connectivity index (χ2v) is 6.90. The molecule has 18 heavy (non-hydrogen) atoms. The average molecular weight is 265 g/mol. The van der Waals surface area contributed by atoms with E-state index < -0.39 is 0 Å². The van der Waals surface area contributed by atoms with E-state index in [1.807, 2.05) is 11.3 Å². The van der Waals surface area contributed by atoms with Crippen molar-refractivity contribution in [2.24, 2.45) is 5.92 Å². The fourth-order valence-electron chi connectivity index (χ4n) is 2.79. The number of nitrogens with one attached hydrogen (secondary N) is 1. The molecule has 2 saturated carbocycles. The molecular formula is C14H23N3S. The van der Waals surface area contributed by atoms with Gasteiger partial charge in [-0.2, -0.15) is 0 Å². The maximum atomic E-state index is 4.33. The Labute approximate surface area is 113 Å². The van der Waals surface area contributed by atoms with Crippen LogP contribution in [0, 0.1) is 5.92 Å². The van der Waals surface area contributed by atoms with Crippen LogP contribution in [0.3, 0.4) is 0 Å². The summed E-state index contributed by atoms with van der Waals surface area (Å²) in [6.45, 7) is 1.07. The van der Waals surface area contributed by atoms with Crippen molar-refractivity contribution in [1.82, 2.24) is 15.5 Å². The van der Waals surface area contributed by atoms with Crippen molar-refractivity contribution >= 4 is 11.3 Å². The fraction of sp³-hybridized carbons (Fsp3) is 0.857. The van der Waals surface area contributed by atoms with Crippen molar-refractivity contribution in [3.8, 4) is 0 Å². The molecule has 0 atom stereocenters. The van der Waals surface area contributed by atoms with Gasteiger partial charge in [0.15, 0.2) is 0 Å². The molecule has 1 aromatic heterocycles. The zero-order chi connectivity index (χ0) is 12.2. The molecule has 0 aliphatic heterocycles. The van der Waals surface area contributed by atoms with Crippen LogP contribution < -0.4 is 5.32 Å². The second-order valence-electron chi connectivity index (χ2n) is 5.76. The van der Waals surface area contributed by atoms with Gasteiger partial charge in [-0.05, 0) is 25.2 Å². The van der Waals surface area contributed by atoms with Crippen molar-refractivity contribution < 1.29 is 0 Å². The molecule has 2 aliphatic rings. The van der Waals surface area contributed by atoms with Crippen molar-refractivity contribution in [1.29, 1.82) is 0 Å². The molecule has 4 heteroatoms. The molecule has 3 nitrogen and oxygen atoms in total. The van der Waals surface area contributed by atoms with Gasteiger partial charge in [-0.25, -0.2) is 0 Å². The number of rotatable bonds is 7. The standard InChI is InChI=1S/C14H23N3S/c1-2-4-11(3-1)5-8-13-16-17-14(18-13)9-10-15-12-6-7-12/h11-12,15H,1-10H2. The topological polar surface area (TPSA) is 37.8 Å². The zero-order valence-electron chi connectivity index (χ0n) is 11.0. The van der Waals surface area contributed by atoms with Crippen molar-refractivity contribution in [2.75, 3.05) is 6.54 Å². The van der Waals surface area contributed by atoms with Crippen LogP contribution in [-0.4, -0.2) is 22.8 Å². The largest absolute Gasteiger partial charge is 0.314 e. The van der Waals surface area contributed by atoms with Crippen LogP contribution in [0.1, 0.15) is 55.0 Å². The predicted octanol–water partition coefficient (Wildman–Crippen LogP) is 2.96. The molecule has 100 valence electrons. The smallest absolute Gasteiger partial charge is 0.118 e. The SMILES string of the molecule is C1CCC(CCc2nnc(CCNC3CC3)s2)C1. The lowest BCUT2D eigenvalue weighted by atomic mass is 10.0. The number of aromatic nitrogens is 2. The normalized spacial score (nSPS) is 20.7. The molecule has 1 aromatic rings. The van der Waals surface area contributed by atoms with Crippen LogP contribution in [0.15, 0.2) is 0 Å². The van der Waals surface area contributed by atoms with E-state index in [1.165, 1.54) is 55.0 Å². The summed E-state index contributed by atoms with van der Waals surface area (Å²) in [5.74, 6) is 0.967. The lowest BCUT2D eigenvalue weighted by Crippen LogP contribution is -2.19. The third-order valence-electron chi connectivity index (χ3n) is 4.10. The summed E-state index contributed by atoms with van der Waals surface area (Å²) in [5, 5.41) is 14.6. The number of nitrogens with zero attached hydrogens (tertiary/aromatic N) is 2. The minimum absolute atomic E-state index is 0.805. The molecular weight excluding hydrogens is 242 g/mol. The van der Waals surface area contributed by atoms with Gasteiger partial charge in [0.25, 0.3) is 0 Å². The first-order chi connectivity index (χ1) is 8.90. The summed E-state index contributed by atoms with van der Waals surface area (Å²) in [6.07, 6.45) is 12.0. The highest BCUT2D eigenvalue weighted by Crippen LogP contribution is 2.29. The lowest BCUT2D eigenvalue weighted by Gasteiger charge is -2.05. The number of hydrogen-bond donors (Lipinski definition) is 1. The lowest BCUT2D eigenvalue weighted by molar-refractivity contribution is 0.502. The summed E-state index contributed by atoms with van der Waals surface area (Å²) in [6, 6.07) is 0.805. The molecule has 1 N–H and O–H groups in total. The van der Waals surface area contributed by atoms with Gasteiger partial charge in [0.2, 0.25) is 0 Å². The van der Waals surface area contributed by atoms with E-state index in [1.54, 1.807) is 0 Å². The van der Waals surface area contributed by atoms with Crippen LogP contribution >= 0.6 is 11.3 Å². The minimum atomic E-state index is 0.805. The van der Waals surface area contributed by atoms with E-state index in [-0.39, 0.29) is 0 Å². The fourth-order valence-corrected chi connectivity index (χ4v) is 3.65. The van der Waals surface area contributed by atoms with Gasteiger partial charge in [0, 0.05) is 25.4 Å². The van der Waals surface area contributed by atoms with Crippen molar-refractivity contribution in [3.63, 3.8) is 0 Å². The zero-order valence-corrected chi connectivity index (χ0v) is 11.8. The maximum Gasteiger partial charge on any atom is 0.118 e. The Balaban J connectivity index is 1.37. The summed E-state index contributed by atoms with van der Waals surface area (Å²) in [7, 11) is 0. The molecule has 0 spiro atoms. The van der Waals surface area contributed by atoms with Gasteiger partial charge < -0.3 is 5.32 Å². The molecule has 2 aliphatic carbocycles. The van der Waals surface area contributed by atoms with Crippen LogP contribution in [-0.2, 0) is 12.8 Å². The van der Waals surface area contributed by atoms with E-state index in [2.05, 4.69) is 15.5 Å². The third-order valence-corrected chi connectivity index (χ3v) is 5.14. The summed E-state index contributed by atoms with van der Waals surface area (Å²) >= 11 is 1.83. The Hall–Kier alpha value is -0.480. The third kappa shape index (κ3) is 3.75. The molecule has 0 radical (unpaired) electrons. The maximum absolute atomic E-state index is 4.33. The number of hydrogen-bond acceptors (Lipinski definition) is 4. The second kappa shape index (κ2) is 6.11. The monoisotopic (exact) mass is 265 g/mol. The van der Waals surface area contributed by atoms with Gasteiger partial charge in [-0.15, -0.1) is 21.5 Å². The first kappa shape index (κ1) is 12.5. The van der Waals surface area contributed by atoms with Crippen molar-refractivity contribution in [3.05, 3.63) is 10.0 Å². The first-order valence-corrected chi connectivity index (χ1v) is 8.26. The van der Waals surface area contributed by atoms with Gasteiger partial charge in [0.1, 0.15) is 10.0 Å². The van der Waals surface area contributed by atoms with Gasteiger partial charge in [-0.1, -0.05) is 25.7 Å². The Bertz CT molecular complexity index is 367. The summed E-state index contributed by atoms with van der Waals surface area (Å²) in [5.41, 5.74) is 0. The highest BCUT2D eigenvalue weighted by molar-refractivity contribution is 7.11. The van der Waals surface area contributed by atoms with Gasteiger partial charge in [-0.3, -0.25) is 0 Å². The quantitative estimate of drug-likeness (QED) is 0.823. The Morgan fingerprint density at radius 3 is 2.44 bits per heavy atom. The summed E-state index contributed by atoms with van der Waals surface area (Å²) < 4.78 is 0.